The number of aromatic hydroxyl groups is 1. The molecule has 0 heterocycles. The van der Waals surface area contributed by atoms with E-state index in [1.165, 1.54) is 30.4 Å². The minimum absolute atomic E-state index is 0. The van der Waals surface area contributed by atoms with Gasteiger partial charge in [0.1, 0.15) is 5.75 Å². The van der Waals surface area contributed by atoms with E-state index in [1.807, 2.05) is 12.1 Å². The fourth-order valence-corrected chi connectivity index (χ4v) is 5.54. The van der Waals surface area contributed by atoms with E-state index in [2.05, 4.69) is 13.0 Å². The summed E-state index contributed by atoms with van der Waals surface area (Å²) in [7, 11) is 0. The van der Waals surface area contributed by atoms with Crippen LogP contribution in [0.5, 0.6) is 5.75 Å². The molecular weight excluding hydrogens is 264 g/mol. The monoisotopic (exact) mass is 290 g/mol. The van der Waals surface area contributed by atoms with Gasteiger partial charge in [0.2, 0.25) is 0 Å². The number of aliphatic hydroxyl groups is 1. The molecule has 3 aliphatic carbocycles. The average molecular weight is 290 g/mol. The molecule has 3 aliphatic rings. The number of hydrogen-bond donors (Lipinski definition) is 2. The molecule has 5 atom stereocenters. The van der Waals surface area contributed by atoms with Gasteiger partial charge in [-0.3, -0.25) is 0 Å². The highest BCUT2D eigenvalue weighted by molar-refractivity contribution is 5.40. The first-order valence-corrected chi connectivity index (χ1v) is 8.09. The minimum atomic E-state index is -0.0883. The molecule has 0 bridgehead atoms. The molecule has 0 aromatic heterocycles. The molecule has 4 N–H and O–H groups in total. The van der Waals surface area contributed by atoms with Crippen molar-refractivity contribution >= 4 is 0 Å². The number of aliphatic hydroxyl groups excluding tert-OH is 1. The van der Waals surface area contributed by atoms with Crippen LogP contribution in [-0.2, 0) is 6.42 Å². The second-order valence-corrected chi connectivity index (χ2v) is 7.44. The highest BCUT2D eigenvalue weighted by Crippen LogP contribution is 2.60. The van der Waals surface area contributed by atoms with Crippen LogP contribution in [0.4, 0.5) is 0 Å². The molecule has 0 radical (unpaired) electrons. The lowest BCUT2D eigenvalue weighted by atomic mass is 9.55. The van der Waals surface area contributed by atoms with Crippen molar-refractivity contribution in [3.63, 3.8) is 0 Å². The highest BCUT2D eigenvalue weighted by atomic mass is 16.3. The molecule has 4 rings (SSSR count). The highest BCUT2D eigenvalue weighted by Gasteiger charge is 2.54. The maximum absolute atomic E-state index is 10.4. The van der Waals surface area contributed by atoms with Crippen LogP contribution in [0.1, 0.15) is 56.1 Å². The first-order valence-electron chi connectivity index (χ1n) is 8.09. The van der Waals surface area contributed by atoms with Gasteiger partial charge in [-0.05, 0) is 85.0 Å². The quantitative estimate of drug-likeness (QED) is 0.771. The van der Waals surface area contributed by atoms with Crippen molar-refractivity contribution in [3.05, 3.63) is 29.3 Å². The molecule has 1 aromatic carbocycles. The van der Waals surface area contributed by atoms with E-state index in [0.717, 1.165) is 25.2 Å². The van der Waals surface area contributed by atoms with Crippen LogP contribution in [0, 0.1) is 17.3 Å². The summed E-state index contributed by atoms with van der Waals surface area (Å²) in [5, 5.41) is 20.0. The van der Waals surface area contributed by atoms with Crippen molar-refractivity contribution in [2.24, 2.45) is 17.3 Å². The van der Waals surface area contributed by atoms with Crippen LogP contribution in [0.2, 0.25) is 0 Å². The summed E-state index contributed by atoms with van der Waals surface area (Å²) in [4.78, 5) is 0. The van der Waals surface area contributed by atoms with E-state index in [0.29, 0.717) is 17.6 Å². The van der Waals surface area contributed by atoms with Gasteiger partial charge in [-0.25, -0.2) is 0 Å². The van der Waals surface area contributed by atoms with Crippen LogP contribution in [0.3, 0.4) is 0 Å². The molecule has 2 saturated carbocycles. The predicted molar refractivity (Wildman–Crippen MR) is 82.3 cm³/mol. The summed E-state index contributed by atoms with van der Waals surface area (Å²) in [6.07, 6.45) is 6.78. The molecule has 0 saturated heterocycles. The lowest BCUT2D eigenvalue weighted by molar-refractivity contribution is -0.0226. The lowest BCUT2D eigenvalue weighted by Crippen LogP contribution is -2.43. The van der Waals surface area contributed by atoms with E-state index in [1.54, 1.807) is 0 Å². The Labute approximate surface area is 126 Å². The van der Waals surface area contributed by atoms with Gasteiger partial charge < -0.3 is 15.7 Å². The normalized spacial score (nSPS) is 40.7. The molecule has 3 nitrogen and oxygen atoms in total. The smallest absolute Gasteiger partial charge is 0.115 e. The second kappa shape index (κ2) is 4.99. The number of phenols is 1. The fraction of sp³-hybridized carbons (Fsp3) is 0.667. The summed E-state index contributed by atoms with van der Waals surface area (Å²) in [5.41, 5.74) is 2.99. The Morgan fingerprint density at radius 1 is 1.14 bits per heavy atom. The second-order valence-electron chi connectivity index (χ2n) is 7.44. The van der Waals surface area contributed by atoms with Crippen LogP contribution >= 0.6 is 0 Å². The van der Waals surface area contributed by atoms with Crippen molar-refractivity contribution in [2.75, 3.05) is 0 Å². The third kappa shape index (κ3) is 2.01. The third-order valence-electron chi connectivity index (χ3n) is 6.66. The largest absolute Gasteiger partial charge is 0.508 e. The summed E-state index contributed by atoms with van der Waals surface area (Å²) in [6.45, 7) is 2.32. The predicted octanol–water partition coefficient (Wildman–Crippen LogP) is 2.78. The SMILES string of the molecule is C[C@]12CC[C@@H]3c4ccc(O)cc4CC[C@H]3[C@@H]1CCC2O.O. The van der Waals surface area contributed by atoms with E-state index in [4.69, 9.17) is 0 Å². The van der Waals surface area contributed by atoms with Crippen LogP contribution in [0.25, 0.3) is 0 Å². The third-order valence-corrected chi connectivity index (χ3v) is 6.66. The number of hydrogen-bond acceptors (Lipinski definition) is 2. The van der Waals surface area contributed by atoms with Gasteiger partial charge in [-0.2, -0.15) is 0 Å². The Kier molecular flexibility index (Phi) is 3.53. The van der Waals surface area contributed by atoms with Crippen LogP contribution in [0.15, 0.2) is 18.2 Å². The van der Waals surface area contributed by atoms with Gasteiger partial charge in [-0.15, -0.1) is 0 Å². The number of aryl methyl sites for hydroxylation is 1. The number of phenolic OH excluding ortho intramolecular Hbond substituents is 1. The van der Waals surface area contributed by atoms with Crippen LogP contribution in [-0.4, -0.2) is 21.8 Å². The summed E-state index contributed by atoms with van der Waals surface area (Å²) < 4.78 is 0. The molecule has 2 fully saturated rings. The first kappa shape index (κ1) is 14.9. The average Bonchev–Trinajstić information content (AvgIpc) is 2.74. The molecule has 0 aliphatic heterocycles. The van der Waals surface area contributed by atoms with E-state index in [-0.39, 0.29) is 17.0 Å². The van der Waals surface area contributed by atoms with Gasteiger partial charge in [0, 0.05) is 0 Å². The Morgan fingerprint density at radius 2 is 1.95 bits per heavy atom. The zero-order valence-corrected chi connectivity index (χ0v) is 12.7. The van der Waals surface area contributed by atoms with Gasteiger partial charge in [0.25, 0.3) is 0 Å². The maximum atomic E-state index is 10.4. The fourth-order valence-electron chi connectivity index (χ4n) is 5.54. The zero-order valence-electron chi connectivity index (χ0n) is 12.7. The number of benzene rings is 1. The first-order chi connectivity index (χ1) is 9.59. The Balaban J connectivity index is 0.00000132. The molecular formula is C18H26O3. The summed E-state index contributed by atoms with van der Waals surface area (Å²) in [6, 6.07) is 5.96. The van der Waals surface area contributed by atoms with Gasteiger partial charge >= 0.3 is 0 Å². The van der Waals surface area contributed by atoms with Crippen LogP contribution < -0.4 is 0 Å². The molecule has 0 spiro atoms. The topological polar surface area (TPSA) is 72.0 Å². The van der Waals surface area contributed by atoms with Gasteiger partial charge in [0.15, 0.2) is 0 Å². The summed E-state index contributed by atoms with van der Waals surface area (Å²) in [5.74, 6) is 2.49. The molecule has 0 amide bonds. The molecule has 3 heteroatoms. The van der Waals surface area contributed by atoms with Crippen molar-refractivity contribution in [2.45, 2.75) is 57.5 Å². The number of rotatable bonds is 0. The van der Waals surface area contributed by atoms with Crippen molar-refractivity contribution < 1.29 is 15.7 Å². The number of fused-ring (bicyclic) bond motifs is 5. The van der Waals surface area contributed by atoms with E-state index >= 15 is 0 Å². The summed E-state index contributed by atoms with van der Waals surface area (Å²) >= 11 is 0. The van der Waals surface area contributed by atoms with Gasteiger partial charge in [-0.1, -0.05) is 13.0 Å². The molecule has 21 heavy (non-hydrogen) atoms. The Hall–Kier alpha value is -1.06. The van der Waals surface area contributed by atoms with Gasteiger partial charge in [0.05, 0.1) is 6.10 Å². The lowest BCUT2D eigenvalue weighted by Gasteiger charge is -2.50. The zero-order chi connectivity index (χ0) is 13.9. The van der Waals surface area contributed by atoms with E-state index in [9.17, 15) is 10.2 Å². The van der Waals surface area contributed by atoms with E-state index < -0.39 is 0 Å². The molecule has 1 unspecified atom stereocenters. The van der Waals surface area contributed by atoms with Crippen molar-refractivity contribution in [1.82, 2.24) is 0 Å². The minimum Gasteiger partial charge on any atom is -0.508 e. The Morgan fingerprint density at radius 3 is 2.76 bits per heavy atom. The standard InChI is InChI=1S/C18H24O2.H2O/c1-18-9-8-14-13-5-3-12(19)10-11(13)2-4-15(14)16(18)6-7-17(18)20;/h3,5,10,14-17,19-20H,2,4,6-9H2,1H3;1H2/t14-,15-,16+,17?,18+;/m1./s1. The maximum Gasteiger partial charge on any atom is 0.115 e. The molecule has 116 valence electrons. The molecule has 1 aromatic rings. The Bertz CT molecular complexity index is 541. The van der Waals surface area contributed by atoms with Crippen molar-refractivity contribution in [3.8, 4) is 5.75 Å². The van der Waals surface area contributed by atoms with Crippen molar-refractivity contribution in [1.29, 1.82) is 0 Å².